The molecule has 0 aliphatic carbocycles. The smallest absolute Gasteiger partial charge is 0.119 e. The predicted octanol–water partition coefficient (Wildman–Crippen LogP) is 2.10. The van der Waals surface area contributed by atoms with Gasteiger partial charge in [-0.15, -0.1) is 0 Å². The summed E-state index contributed by atoms with van der Waals surface area (Å²) in [5.41, 5.74) is 1.14. The average molecular weight is 179 g/mol. The maximum absolute atomic E-state index is 13.5. The molecule has 1 aromatic rings. The van der Waals surface area contributed by atoms with Crippen LogP contribution in [0, 0.1) is 0 Å². The Morgan fingerprint density at radius 1 is 1.23 bits per heavy atom. The lowest BCUT2D eigenvalue weighted by Gasteiger charge is -2.26. The molecule has 1 heterocycles. The van der Waals surface area contributed by atoms with E-state index in [-0.39, 0.29) is 5.92 Å². The largest absolute Gasteiger partial charge is 0.314 e. The van der Waals surface area contributed by atoms with Crippen LogP contribution in [0.2, 0.25) is 0 Å². The summed E-state index contributed by atoms with van der Waals surface area (Å²) in [5.74, 6) is 0.0995. The highest BCUT2D eigenvalue weighted by molar-refractivity contribution is 5.21. The first-order chi connectivity index (χ1) is 6.38. The van der Waals surface area contributed by atoms with Crippen LogP contribution < -0.4 is 5.32 Å². The van der Waals surface area contributed by atoms with Crippen LogP contribution in [-0.2, 0) is 0 Å². The summed E-state index contributed by atoms with van der Waals surface area (Å²) >= 11 is 0. The van der Waals surface area contributed by atoms with Gasteiger partial charge in [-0.2, -0.15) is 0 Å². The van der Waals surface area contributed by atoms with Gasteiger partial charge in [-0.25, -0.2) is 4.39 Å². The molecule has 2 rings (SSSR count). The fourth-order valence-electron chi connectivity index (χ4n) is 1.90. The molecule has 0 aromatic heterocycles. The summed E-state index contributed by atoms with van der Waals surface area (Å²) in [5, 5.41) is 3.06. The number of rotatable bonds is 1. The third-order valence-electron chi connectivity index (χ3n) is 2.64. The molecule has 1 aliphatic heterocycles. The van der Waals surface area contributed by atoms with Crippen molar-refractivity contribution in [2.24, 2.45) is 0 Å². The minimum atomic E-state index is -0.726. The summed E-state index contributed by atoms with van der Waals surface area (Å²) in [6.07, 6.45) is 0.182. The normalized spacial score (nSPS) is 28.7. The number of piperidine rings is 1. The van der Waals surface area contributed by atoms with Crippen LogP contribution >= 0.6 is 0 Å². The lowest BCUT2D eigenvalue weighted by Crippen LogP contribution is -2.36. The van der Waals surface area contributed by atoms with Gasteiger partial charge in [0.2, 0.25) is 0 Å². The van der Waals surface area contributed by atoms with Crippen LogP contribution in [0.15, 0.2) is 30.3 Å². The van der Waals surface area contributed by atoms with E-state index in [0.29, 0.717) is 6.54 Å². The van der Waals surface area contributed by atoms with E-state index in [1.165, 1.54) is 0 Å². The Balaban J connectivity index is 2.15. The topological polar surface area (TPSA) is 12.0 Å². The van der Waals surface area contributed by atoms with Crippen molar-refractivity contribution in [2.75, 3.05) is 13.1 Å². The van der Waals surface area contributed by atoms with E-state index in [1.54, 1.807) is 0 Å². The molecule has 2 heteroatoms. The van der Waals surface area contributed by atoms with Gasteiger partial charge in [0.15, 0.2) is 0 Å². The lowest BCUT2D eigenvalue weighted by molar-refractivity contribution is 0.231. The number of nitrogens with one attached hydrogen (secondary N) is 1. The number of hydrogen-bond donors (Lipinski definition) is 1. The average Bonchev–Trinajstić information content (AvgIpc) is 2.20. The second-order valence-corrected chi connectivity index (χ2v) is 3.53. The van der Waals surface area contributed by atoms with Crippen molar-refractivity contribution in [2.45, 2.75) is 18.5 Å². The lowest BCUT2D eigenvalue weighted by atomic mass is 9.89. The number of benzene rings is 1. The van der Waals surface area contributed by atoms with Crippen LogP contribution in [0.25, 0.3) is 0 Å². The molecular formula is C11H14FN. The molecule has 1 N–H and O–H groups in total. The van der Waals surface area contributed by atoms with Crippen molar-refractivity contribution >= 4 is 0 Å². The molecule has 1 saturated heterocycles. The van der Waals surface area contributed by atoms with Gasteiger partial charge in [-0.05, 0) is 18.5 Å². The molecule has 0 bridgehead atoms. The highest BCUT2D eigenvalue weighted by Crippen LogP contribution is 2.27. The molecule has 0 amide bonds. The maximum Gasteiger partial charge on any atom is 0.119 e. The first kappa shape index (κ1) is 8.70. The Kier molecular flexibility index (Phi) is 2.60. The van der Waals surface area contributed by atoms with E-state index in [4.69, 9.17) is 0 Å². The first-order valence-corrected chi connectivity index (χ1v) is 4.77. The standard InChI is InChI=1S/C11H14FN/c12-11-8-13-7-6-10(11)9-4-2-1-3-5-9/h1-5,10-11,13H,6-8H2/t10?,11-/m0/s1. The van der Waals surface area contributed by atoms with Gasteiger partial charge in [-0.1, -0.05) is 30.3 Å². The predicted molar refractivity (Wildman–Crippen MR) is 51.6 cm³/mol. The fourth-order valence-corrected chi connectivity index (χ4v) is 1.90. The monoisotopic (exact) mass is 179 g/mol. The second kappa shape index (κ2) is 3.88. The van der Waals surface area contributed by atoms with Crippen molar-refractivity contribution in [1.29, 1.82) is 0 Å². The molecule has 1 aromatic carbocycles. The molecular weight excluding hydrogens is 165 g/mol. The molecule has 1 nitrogen and oxygen atoms in total. The van der Waals surface area contributed by atoms with Crippen molar-refractivity contribution in [3.8, 4) is 0 Å². The highest BCUT2D eigenvalue weighted by atomic mass is 19.1. The Morgan fingerprint density at radius 3 is 2.69 bits per heavy atom. The van der Waals surface area contributed by atoms with Crippen molar-refractivity contribution in [3.05, 3.63) is 35.9 Å². The zero-order chi connectivity index (χ0) is 9.10. The molecule has 0 saturated carbocycles. The van der Waals surface area contributed by atoms with E-state index in [0.717, 1.165) is 18.5 Å². The first-order valence-electron chi connectivity index (χ1n) is 4.77. The summed E-state index contributed by atoms with van der Waals surface area (Å²) < 4.78 is 13.5. The molecule has 2 atom stereocenters. The van der Waals surface area contributed by atoms with Gasteiger partial charge in [0.05, 0.1) is 0 Å². The number of hydrogen-bond acceptors (Lipinski definition) is 1. The van der Waals surface area contributed by atoms with E-state index in [9.17, 15) is 4.39 Å². The van der Waals surface area contributed by atoms with Crippen molar-refractivity contribution in [1.82, 2.24) is 5.32 Å². The molecule has 1 fully saturated rings. The van der Waals surface area contributed by atoms with E-state index in [1.807, 2.05) is 30.3 Å². The third kappa shape index (κ3) is 1.89. The number of alkyl halides is 1. The van der Waals surface area contributed by atoms with Crippen molar-refractivity contribution in [3.63, 3.8) is 0 Å². The molecule has 0 spiro atoms. The highest BCUT2D eigenvalue weighted by Gasteiger charge is 2.25. The summed E-state index contributed by atoms with van der Waals surface area (Å²) in [4.78, 5) is 0. The second-order valence-electron chi connectivity index (χ2n) is 3.53. The van der Waals surface area contributed by atoms with E-state index < -0.39 is 6.17 Å². The van der Waals surface area contributed by atoms with Crippen molar-refractivity contribution < 1.29 is 4.39 Å². The minimum Gasteiger partial charge on any atom is -0.314 e. The fraction of sp³-hybridized carbons (Fsp3) is 0.455. The van der Waals surface area contributed by atoms with Gasteiger partial charge >= 0.3 is 0 Å². The Morgan fingerprint density at radius 2 is 2.00 bits per heavy atom. The molecule has 1 unspecified atom stereocenters. The van der Waals surface area contributed by atoms with Gasteiger partial charge in [0.1, 0.15) is 6.17 Å². The van der Waals surface area contributed by atoms with Crippen LogP contribution in [0.5, 0.6) is 0 Å². The van der Waals surface area contributed by atoms with Crippen LogP contribution in [0.4, 0.5) is 4.39 Å². The zero-order valence-electron chi connectivity index (χ0n) is 7.54. The van der Waals surface area contributed by atoms with Crippen LogP contribution in [-0.4, -0.2) is 19.3 Å². The molecule has 1 aliphatic rings. The molecule has 0 radical (unpaired) electrons. The minimum absolute atomic E-state index is 0.0995. The summed E-state index contributed by atoms with van der Waals surface area (Å²) in [7, 11) is 0. The maximum atomic E-state index is 13.5. The molecule has 13 heavy (non-hydrogen) atoms. The van der Waals surface area contributed by atoms with Gasteiger partial charge in [0.25, 0.3) is 0 Å². The van der Waals surface area contributed by atoms with Crippen LogP contribution in [0.1, 0.15) is 17.9 Å². The van der Waals surface area contributed by atoms with Gasteiger partial charge < -0.3 is 5.32 Å². The summed E-state index contributed by atoms with van der Waals surface area (Å²) in [6, 6.07) is 9.96. The quantitative estimate of drug-likeness (QED) is 0.696. The number of halogens is 1. The van der Waals surface area contributed by atoms with Gasteiger partial charge in [0, 0.05) is 12.5 Å². The summed E-state index contributed by atoms with van der Waals surface area (Å²) in [6.45, 7) is 1.43. The van der Waals surface area contributed by atoms with E-state index in [2.05, 4.69) is 5.32 Å². The van der Waals surface area contributed by atoms with Crippen LogP contribution in [0.3, 0.4) is 0 Å². The zero-order valence-corrected chi connectivity index (χ0v) is 7.54. The Hall–Kier alpha value is -0.890. The SMILES string of the molecule is F[C@H]1CNCCC1c1ccccc1. The third-order valence-corrected chi connectivity index (χ3v) is 2.64. The van der Waals surface area contributed by atoms with E-state index >= 15 is 0 Å². The Bertz CT molecular complexity index is 260. The molecule has 70 valence electrons. The van der Waals surface area contributed by atoms with Gasteiger partial charge in [-0.3, -0.25) is 0 Å². The Labute approximate surface area is 78.0 Å².